The van der Waals surface area contributed by atoms with Crippen LogP contribution in [0.4, 0.5) is 4.39 Å². The fraction of sp³-hybridized carbons (Fsp3) is 0.429. The van der Waals surface area contributed by atoms with E-state index in [1.807, 2.05) is 0 Å². The molecule has 5 heteroatoms. The largest absolute Gasteiger partial charge is 0.469 e. The van der Waals surface area contributed by atoms with Gasteiger partial charge in [0.25, 0.3) is 0 Å². The van der Waals surface area contributed by atoms with Gasteiger partial charge in [0.1, 0.15) is 5.82 Å². The molecule has 0 aliphatic heterocycles. The molecule has 1 aromatic carbocycles. The Bertz CT molecular complexity index is 434. The maximum atomic E-state index is 12.9. The number of hydrogen-bond acceptors (Lipinski definition) is 3. The highest BCUT2D eigenvalue weighted by atomic mass is 19.1. The minimum atomic E-state index is -0.295. The molecule has 0 fully saturated rings. The summed E-state index contributed by atoms with van der Waals surface area (Å²) in [4.78, 5) is 22.3. The summed E-state index contributed by atoms with van der Waals surface area (Å²) >= 11 is 0. The molecular formula is C14H18FNO3. The standard InChI is InChI=1S/C14H18FNO3/c1-19-14(18)6-3-9-16-13(17)8-7-11-4-2-5-12(15)10-11/h2,4-5,10H,3,6-9H2,1H3,(H,16,17). The maximum absolute atomic E-state index is 12.9. The Kier molecular flexibility index (Phi) is 6.57. The van der Waals surface area contributed by atoms with Gasteiger partial charge in [-0.15, -0.1) is 0 Å². The van der Waals surface area contributed by atoms with Crippen molar-refractivity contribution < 1.29 is 18.7 Å². The van der Waals surface area contributed by atoms with Crippen LogP contribution in [-0.4, -0.2) is 25.5 Å². The predicted molar refractivity (Wildman–Crippen MR) is 69.0 cm³/mol. The van der Waals surface area contributed by atoms with Crippen LogP contribution in [0.5, 0.6) is 0 Å². The van der Waals surface area contributed by atoms with Crippen molar-refractivity contribution >= 4 is 11.9 Å². The molecule has 1 rings (SSSR count). The topological polar surface area (TPSA) is 55.4 Å². The summed E-state index contributed by atoms with van der Waals surface area (Å²) in [6, 6.07) is 6.20. The number of esters is 1. The second kappa shape index (κ2) is 8.24. The Morgan fingerprint density at radius 3 is 2.79 bits per heavy atom. The normalized spacial score (nSPS) is 10.0. The van der Waals surface area contributed by atoms with E-state index in [4.69, 9.17) is 0 Å². The Morgan fingerprint density at radius 1 is 1.32 bits per heavy atom. The lowest BCUT2D eigenvalue weighted by molar-refractivity contribution is -0.140. The van der Waals surface area contributed by atoms with E-state index in [9.17, 15) is 14.0 Å². The van der Waals surface area contributed by atoms with Crippen LogP contribution in [0.25, 0.3) is 0 Å². The van der Waals surface area contributed by atoms with Crippen molar-refractivity contribution in [3.63, 3.8) is 0 Å². The summed E-state index contributed by atoms with van der Waals surface area (Å²) in [5, 5.41) is 2.71. The van der Waals surface area contributed by atoms with Gasteiger partial charge in [-0.25, -0.2) is 4.39 Å². The number of halogens is 1. The van der Waals surface area contributed by atoms with E-state index in [-0.39, 0.29) is 17.7 Å². The lowest BCUT2D eigenvalue weighted by Gasteiger charge is -2.05. The number of carbonyl (C=O) groups excluding carboxylic acids is 2. The molecule has 1 amide bonds. The molecule has 0 aromatic heterocycles. The average Bonchev–Trinajstić information content (AvgIpc) is 2.41. The van der Waals surface area contributed by atoms with Gasteiger partial charge < -0.3 is 10.1 Å². The predicted octanol–water partition coefficient (Wildman–Crippen LogP) is 1.83. The van der Waals surface area contributed by atoms with Gasteiger partial charge in [0, 0.05) is 19.4 Å². The lowest BCUT2D eigenvalue weighted by atomic mass is 10.1. The third-order valence-corrected chi connectivity index (χ3v) is 2.64. The maximum Gasteiger partial charge on any atom is 0.305 e. The second-order valence-electron chi connectivity index (χ2n) is 4.16. The molecule has 0 unspecified atom stereocenters. The minimum absolute atomic E-state index is 0.103. The van der Waals surface area contributed by atoms with Crippen molar-refractivity contribution in [1.82, 2.24) is 5.32 Å². The number of hydrogen-bond donors (Lipinski definition) is 1. The number of benzene rings is 1. The lowest BCUT2D eigenvalue weighted by Crippen LogP contribution is -2.25. The number of nitrogens with one attached hydrogen (secondary N) is 1. The molecule has 0 spiro atoms. The number of aryl methyl sites for hydroxylation is 1. The molecule has 19 heavy (non-hydrogen) atoms. The molecule has 0 saturated heterocycles. The smallest absolute Gasteiger partial charge is 0.305 e. The summed E-state index contributed by atoms with van der Waals surface area (Å²) in [5.74, 6) is -0.681. The van der Waals surface area contributed by atoms with Crippen molar-refractivity contribution in [3.8, 4) is 0 Å². The van der Waals surface area contributed by atoms with E-state index < -0.39 is 0 Å². The van der Waals surface area contributed by atoms with Crippen molar-refractivity contribution in [2.75, 3.05) is 13.7 Å². The highest BCUT2D eigenvalue weighted by Gasteiger charge is 2.04. The fourth-order valence-corrected chi connectivity index (χ4v) is 1.60. The van der Waals surface area contributed by atoms with Gasteiger partial charge in [-0.05, 0) is 30.5 Å². The highest BCUT2D eigenvalue weighted by molar-refractivity contribution is 5.76. The van der Waals surface area contributed by atoms with Gasteiger partial charge in [-0.2, -0.15) is 0 Å². The molecule has 0 atom stereocenters. The third-order valence-electron chi connectivity index (χ3n) is 2.64. The molecule has 4 nitrogen and oxygen atoms in total. The number of rotatable bonds is 7. The van der Waals surface area contributed by atoms with Gasteiger partial charge >= 0.3 is 5.97 Å². The van der Waals surface area contributed by atoms with Gasteiger partial charge in [0.2, 0.25) is 5.91 Å². The summed E-state index contributed by atoms with van der Waals surface area (Å²) in [6.07, 6.45) is 1.65. The number of amides is 1. The average molecular weight is 267 g/mol. The zero-order valence-corrected chi connectivity index (χ0v) is 10.9. The van der Waals surface area contributed by atoms with Crippen molar-refractivity contribution in [2.24, 2.45) is 0 Å². The molecule has 0 saturated carbocycles. The first-order valence-corrected chi connectivity index (χ1v) is 6.20. The van der Waals surface area contributed by atoms with Crippen molar-refractivity contribution in [3.05, 3.63) is 35.6 Å². The van der Waals surface area contributed by atoms with Crippen LogP contribution in [0.15, 0.2) is 24.3 Å². The molecule has 104 valence electrons. The van der Waals surface area contributed by atoms with Gasteiger partial charge in [-0.1, -0.05) is 12.1 Å². The van der Waals surface area contributed by atoms with Gasteiger partial charge in [0.05, 0.1) is 7.11 Å². The summed E-state index contributed by atoms with van der Waals surface area (Å²) in [5.41, 5.74) is 0.796. The van der Waals surface area contributed by atoms with Crippen molar-refractivity contribution in [2.45, 2.75) is 25.7 Å². The molecular weight excluding hydrogens is 249 g/mol. The molecule has 0 bridgehead atoms. The molecule has 0 radical (unpaired) electrons. The quantitative estimate of drug-likeness (QED) is 0.605. The monoisotopic (exact) mass is 267 g/mol. The van der Waals surface area contributed by atoms with Gasteiger partial charge in [0.15, 0.2) is 0 Å². The van der Waals surface area contributed by atoms with E-state index in [2.05, 4.69) is 10.1 Å². The molecule has 1 aromatic rings. The number of ether oxygens (including phenoxy) is 1. The van der Waals surface area contributed by atoms with E-state index in [1.165, 1.54) is 19.2 Å². The van der Waals surface area contributed by atoms with Crippen molar-refractivity contribution in [1.29, 1.82) is 0 Å². The van der Waals surface area contributed by atoms with Crippen LogP contribution in [0.1, 0.15) is 24.8 Å². The number of methoxy groups -OCH3 is 1. The number of carbonyl (C=O) groups is 2. The Labute approximate surface area is 112 Å². The molecule has 0 aliphatic rings. The molecule has 0 aliphatic carbocycles. The van der Waals surface area contributed by atoms with Crippen LogP contribution < -0.4 is 5.32 Å². The molecule has 0 heterocycles. The van der Waals surface area contributed by atoms with E-state index >= 15 is 0 Å². The first-order valence-electron chi connectivity index (χ1n) is 6.20. The van der Waals surface area contributed by atoms with Crippen LogP contribution >= 0.6 is 0 Å². The van der Waals surface area contributed by atoms with Gasteiger partial charge in [-0.3, -0.25) is 9.59 Å². The Balaban J connectivity index is 2.16. The summed E-state index contributed by atoms with van der Waals surface area (Å²) in [6.45, 7) is 0.442. The SMILES string of the molecule is COC(=O)CCCNC(=O)CCc1cccc(F)c1. The Hall–Kier alpha value is -1.91. The fourth-order valence-electron chi connectivity index (χ4n) is 1.60. The van der Waals surface area contributed by atoms with E-state index in [1.54, 1.807) is 12.1 Å². The van der Waals surface area contributed by atoms with E-state index in [0.29, 0.717) is 32.2 Å². The van der Waals surface area contributed by atoms with E-state index in [0.717, 1.165) is 5.56 Å². The summed E-state index contributed by atoms with van der Waals surface area (Å²) < 4.78 is 17.4. The van der Waals surface area contributed by atoms with Crippen LogP contribution in [0.3, 0.4) is 0 Å². The second-order valence-corrected chi connectivity index (χ2v) is 4.16. The molecule has 1 N–H and O–H groups in total. The zero-order valence-electron chi connectivity index (χ0n) is 10.9. The first kappa shape index (κ1) is 15.1. The van der Waals surface area contributed by atoms with Crippen LogP contribution in [-0.2, 0) is 20.7 Å². The third kappa shape index (κ3) is 6.55. The summed E-state index contributed by atoms with van der Waals surface area (Å²) in [7, 11) is 1.33. The highest BCUT2D eigenvalue weighted by Crippen LogP contribution is 2.06. The van der Waals surface area contributed by atoms with Crippen LogP contribution in [0, 0.1) is 5.82 Å². The zero-order chi connectivity index (χ0) is 14.1. The Morgan fingerprint density at radius 2 is 2.11 bits per heavy atom. The minimum Gasteiger partial charge on any atom is -0.469 e. The van der Waals surface area contributed by atoms with Crippen LogP contribution in [0.2, 0.25) is 0 Å². The first-order chi connectivity index (χ1) is 9.11.